The van der Waals surface area contributed by atoms with Crippen molar-refractivity contribution in [2.24, 2.45) is 0 Å². The van der Waals surface area contributed by atoms with Gasteiger partial charge in [0.05, 0.1) is 0 Å². The fraction of sp³-hybridized carbons (Fsp3) is 0. The van der Waals surface area contributed by atoms with E-state index in [-0.39, 0.29) is 82.1 Å². The van der Waals surface area contributed by atoms with Gasteiger partial charge < -0.3 is 26.0 Å². The Morgan fingerprint density at radius 3 is 1.38 bits per heavy atom. The molecular weight excluding hydrogens is 321 g/mol. The topological polar surface area (TPSA) is 123 Å². The molecule has 0 atom stereocenters. The van der Waals surface area contributed by atoms with Crippen LogP contribution in [0.1, 0.15) is 0 Å². The summed E-state index contributed by atoms with van der Waals surface area (Å²) in [5, 5.41) is 15.3. The van der Waals surface area contributed by atoms with Crippen LogP contribution < -0.4 is 56.5 Å². The van der Waals surface area contributed by atoms with E-state index in [1.54, 1.807) is 0 Å². The average Bonchev–Trinajstić information content (AvgIpc) is 0.811. The van der Waals surface area contributed by atoms with Gasteiger partial charge in [0.2, 0.25) is 6.16 Å². The van der Waals surface area contributed by atoms with Gasteiger partial charge >= 0.3 is 51.4 Å². The second kappa shape index (κ2) is 23.7. The summed E-state index contributed by atoms with van der Waals surface area (Å²) in [5.41, 5.74) is 0. The summed E-state index contributed by atoms with van der Waals surface area (Å²) >= 11 is 0. The van der Waals surface area contributed by atoms with Crippen LogP contribution in [0.15, 0.2) is 0 Å². The molecule has 5 nitrogen and oxygen atoms in total. The molecule has 7 heteroatoms. The van der Waals surface area contributed by atoms with Gasteiger partial charge in [-0.2, -0.15) is 0 Å². The third kappa shape index (κ3) is 146. The molecule has 0 radical (unpaired) electrons. The molecule has 0 aliphatic carbocycles. The van der Waals surface area contributed by atoms with E-state index in [2.05, 4.69) is 0 Å². The first-order valence-corrected chi connectivity index (χ1v) is 0.632. The summed E-state index contributed by atoms with van der Waals surface area (Å²) in [5.74, 6) is 0. The quantitative estimate of drug-likeness (QED) is 0.446. The predicted octanol–water partition coefficient (Wildman–Crippen LogP) is -5.76. The van der Waals surface area contributed by atoms with Crippen LogP contribution in [0.2, 0.25) is 0 Å². The first-order chi connectivity index (χ1) is 1.73. The van der Waals surface area contributed by atoms with Crippen LogP contribution in [-0.2, 0) is 19.8 Å². The van der Waals surface area contributed by atoms with E-state index in [0.717, 1.165) is 0 Å². The van der Waals surface area contributed by atoms with Crippen molar-refractivity contribution in [2.45, 2.75) is 0 Å². The molecule has 0 rings (SSSR count). The zero-order chi connectivity index (χ0) is 3.58. The molecule has 0 amide bonds. The van der Waals surface area contributed by atoms with E-state index >= 15 is 0 Å². The maximum Gasteiger partial charge on any atom is 1.00 e. The number of hydrogen-bond acceptors (Lipinski definition) is 2. The van der Waals surface area contributed by atoms with Crippen molar-refractivity contribution in [1.82, 2.24) is 0 Å². The van der Waals surface area contributed by atoms with Crippen LogP contribution >= 0.6 is 0 Å². The molecule has 5 N–H and O–H groups in total. The minimum absolute atomic E-state index is 0. The van der Waals surface area contributed by atoms with Gasteiger partial charge in [0.15, 0.2) is 0 Å². The summed E-state index contributed by atoms with van der Waals surface area (Å²) < 4.78 is 0. The van der Waals surface area contributed by atoms with Crippen molar-refractivity contribution in [1.29, 1.82) is 0 Å². The maximum absolute atomic E-state index is 8.44. The monoisotopic (exact) mass is 328 g/mol. The van der Waals surface area contributed by atoms with Gasteiger partial charge in [-0.05, 0) is 0 Å². The SMILES string of the molecule is O.O.O=C([O-])O.[K+].[Os]. The molecule has 8 heavy (non-hydrogen) atoms. The van der Waals surface area contributed by atoms with Crippen molar-refractivity contribution >= 4 is 6.16 Å². The molecule has 0 aliphatic heterocycles. The van der Waals surface area contributed by atoms with Gasteiger partial charge in [-0.15, -0.1) is 0 Å². The molecule has 48 valence electrons. The van der Waals surface area contributed by atoms with Gasteiger partial charge in [0.25, 0.3) is 0 Å². The van der Waals surface area contributed by atoms with Gasteiger partial charge in [0.1, 0.15) is 0 Å². The summed E-state index contributed by atoms with van der Waals surface area (Å²) in [6, 6.07) is 0. The zero-order valence-electron chi connectivity index (χ0n) is 4.12. The Morgan fingerprint density at radius 1 is 1.38 bits per heavy atom. The number of rotatable bonds is 0. The second-order valence-electron chi connectivity index (χ2n) is 0.266. The van der Waals surface area contributed by atoms with Crippen molar-refractivity contribution in [3.05, 3.63) is 0 Å². The third-order valence-corrected chi connectivity index (χ3v) is 0. The predicted molar refractivity (Wildman–Crippen MR) is 15.3 cm³/mol. The fourth-order valence-corrected chi connectivity index (χ4v) is 0. The van der Waals surface area contributed by atoms with E-state index in [9.17, 15) is 0 Å². The van der Waals surface area contributed by atoms with Crippen LogP contribution in [0.5, 0.6) is 0 Å². The van der Waals surface area contributed by atoms with E-state index in [1.165, 1.54) is 0 Å². The average molecular weight is 326 g/mol. The molecule has 0 saturated carbocycles. The Labute approximate surface area is 102 Å². The van der Waals surface area contributed by atoms with Crippen molar-refractivity contribution < 1.29 is 97.1 Å². The molecule has 0 aromatic rings. The van der Waals surface area contributed by atoms with Crippen LogP contribution in [0.4, 0.5) is 4.79 Å². The molecule has 0 unspecified atom stereocenters. The van der Waals surface area contributed by atoms with Crippen LogP contribution in [0.3, 0.4) is 0 Å². The van der Waals surface area contributed by atoms with E-state index in [4.69, 9.17) is 15.0 Å². The number of carbonyl (C=O) groups is 1. The van der Waals surface area contributed by atoms with Crippen LogP contribution in [-0.4, -0.2) is 22.2 Å². The summed E-state index contributed by atoms with van der Waals surface area (Å²) in [6.07, 6.45) is -2.08. The summed E-state index contributed by atoms with van der Waals surface area (Å²) in [7, 11) is 0. The zero-order valence-corrected chi connectivity index (χ0v) is 9.78. The van der Waals surface area contributed by atoms with Crippen molar-refractivity contribution in [3.63, 3.8) is 0 Å². The summed E-state index contributed by atoms with van der Waals surface area (Å²) in [4.78, 5) is 8.44. The fourth-order valence-electron chi connectivity index (χ4n) is 0. The molecule has 0 aromatic heterocycles. The van der Waals surface area contributed by atoms with E-state index < -0.39 is 6.16 Å². The molecular formula is CH5KO5Os. The normalized spacial score (nSPS) is 3.00. The first-order valence-electron chi connectivity index (χ1n) is 0.632. The number of hydrogen-bond donors (Lipinski definition) is 1. The second-order valence-corrected chi connectivity index (χ2v) is 0.266. The Morgan fingerprint density at radius 2 is 1.38 bits per heavy atom. The van der Waals surface area contributed by atoms with Crippen molar-refractivity contribution in [2.75, 3.05) is 0 Å². The van der Waals surface area contributed by atoms with Crippen LogP contribution in [0, 0.1) is 0 Å². The Hall–Kier alpha value is 1.46. The minimum Gasteiger partial charge on any atom is -0.565 e. The molecule has 0 spiro atoms. The molecule has 0 saturated heterocycles. The van der Waals surface area contributed by atoms with E-state index in [1.807, 2.05) is 0 Å². The van der Waals surface area contributed by atoms with Crippen LogP contribution in [0.25, 0.3) is 0 Å². The summed E-state index contributed by atoms with van der Waals surface area (Å²) in [6.45, 7) is 0. The van der Waals surface area contributed by atoms with E-state index in [0.29, 0.717) is 0 Å². The molecule has 0 fully saturated rings. The Bertz CT molecular complexity index is 35.4. The smallest absolute Gasteiger partial charge is 0.565 e. The molecule has 0 aromatic carbocycles. The minimum atomic E-state index is -2.08. The van der Waals surface area contributed by atoms with Crippen molar-refractivity contribution in [3.8, 4) is 0 Å². The molecule has 0 aliphatic rings. The van der Waals surface area contributed by atoms with Gasteiger partial charge in [-0.3, -0.25) is 0 Å². The third-order valence-electron chi connectivity index (χ3n) is 0. The van der Waals surface area contributed by atoms with Gasteiger partial charge in [0, 0.05) is 19.8 Å². The Balaban J connectivity index is -0.00000000750. The standard InChI is InChI=1S/CH2O3.K.2H2O.Os/c2-1(3)4;;;;/h(H2,2,3,4);;2*1H2;/q;+1;;;/p-1. The first kappa shape index (κ1) is 34.0. The molecule has 0 bridgehead atoms. The largest absolute Gasteiger partial charge is 1.00 e. The van der Waals surface area contributed by atoms with Gasteiger partial charge in [-0.1, -0.05) is 0 Å². The van der Waals surface area contributed by atoms with Gasteiger partial charge in [-0.25, -0.2) is 0 Å². The molecule has 0 heterocycles. The maximum atomic E-state index is 8.44. The Kier molecular flexibility index (Phi) is 101. The number of carboxylic acid groups (broad SMARTS) is 2.